The summed E-state index contributed by atoms with van der Waals surface area (Å²) in [6.45, 7) is 4.20. The van der Waals surface area contributed by atoms with Gasteiger partial charge >= 0.3 is 0 Å². The molecule has 0 bridgehead atoms. The van der Waals surface area contributed by atoms with Crippen molar-refractivity contribution in [2.24, 2.45) is 0 Å². The number of anilines is 2. The number of rotatable bonds is 4. The number of hydrogen-bond donors (Lipinski definition) is 3. The van der Waals surface area contributed by atoms with E-state index in [1.54, 1.807) is 6.92 Å². The summed E-state index contributed by atoms with van der Waals surface area (Å²) in [5, 5.41) is 2.75. The summed E-state index contributed by atoms with van der Waals surface area (Å²) in [7, 11) is 0. The van der Waals surface area contributed by atoms with Crippen LogP contribution in [0.2, 0.25) is 0 Å². The molecule has 1 amide bonds. The molecule has 0 fully saturated rings. The van der Waals surface area contributed by atoms with E-state index in [1.165, 1.54) is 11.8 Å². The number of nitrogen functional groups attached to an aromatic ring is 2. The van der Waals surface area contributed by atoms with Crippen molar-refractivity contribution in [1.29, 1.82) is 0 Å². The number of hydrogen-bond acceptors (Lipinski definition) is 7. The Kier molecular flexibility index (Phi) is 4.29. The van der Waals surface area contributed by atoms with Crippen LogP contribution in [0.25, 0.3) is 0 Å². The fourth-order valence-electron chi connectivity index (χ4n) is 0.971. The molecule has 16 heavy (non-hydrogen) atoms. The first-order valence-electron chi connectivity index (χ1n) is 4.74. The normalized spacial score (nSPS) is 12.1. The topological polar surface area (TPSA) is 120 Å². The standard InChI is InChI=1S/C8H14N6OS/c1-3-11-5(15)4(2)16-8-13-6(9)12-7(10)14-8/h4H,3H2,1-2H3,(H,11,15)(H4,9,10,12,13,14)/t4-/m0/s1. The van der Waals surface area contributed by atoms with Crippen LogP contribution in [0.3, 0.4) is 0 Å². The third-order valence-corrected chi connectivity index (χ3v) is 2.61. The average Bonchev–Trinajstić information content (AvgIpc) is 2.16. The van der Waals surface area contributed by atoms with Gasteiger partial charge in [0.1, 0.15) is 0 Å². The van der Waals surface area contributed by atoms with Gasteiger partial charge in [0.15, 0.2) is 5.16 Å². The van der Waals surface area contributed by atoms with Gasteiger partial charge in [-0.05, 0) is 13.8 Å². The molecule has 0 saturated carbocycles. The van der Waals surface area contributed by atoms with Crippen LogP contribution in [0, 0.1) is 0 Å². The van der Waals surface area contributed by atoms with Crippen molar-refractivity contribution in [3.8, 4) is 0 Å². The number of aromatic nitrogens is 3. The molecule has 0 aliphatic rings. The Morgan fingerprint density at radius 3 is 2.44 bits per heavy atom. The molecule has 0 radical (unpaired) electrons. The number of carbonyl (C=O) groups is 1. The summed E-state index contributed by atoms with van der Waals surface area (Å²) in [4.78, 5) is 22.8. The second kappa shape index (κ2) is 5.50. The lowest BCUT2D eigenvalue weighted by atomic mass is 10.4. The predicted molar refractivity (Wildman–Crippen MR) is 62.7 cm³/mol. The first kappa shape index (κ1) is 12.5. The lowest BCUT2D eigenvalue weighted by Gasteiger charge is -2.09. The van der Waals surface area contributed by atoms with Gasteiger partial charge < -0.3 is 16.8 Å². The van der Waals surface area contributed by atoms with Crippen LogP contribution in [0.1, 0.15) is 13.8 Å². The van der Waals surface area contributed by atoms with Crippen molar-refractivity contribution in [2.75, 3.05) is 18.0 Å². The smallest absolute Gasteiger partial charge is 0.233 e. The van der Waals surface area contributed by atoms with Gasteiger partial charge in [-0.3, -0.25) is 4.79 Å². The van der Waals surface area contributed by atoms with Gasteiger partial charge in [0.25, 0.3) is 0 Å². The van der Waals surface area contributed by atoms with Crippen LogP contribution in [-0.4, -0.2) is 32.7 Å². The number of nitrogens with zero attached hydrogens (tertiary/aromatic N) is 3. The number of carbonyl (C=O) groups excluding carboxylic acids is 1. The molecule has 8 heteroatoms. The summed E-state index contributed by atoms with van der Waals surface area (Å²) in [6.07, 6.45) is 0. The van der Waals surface area contributed by atoms with Crippen molar-refractivity contribution >= 4 is 29.6 Å². The molecule has 0 aliphatic carbocycles. The summed E-state index contributed by atoms with van der Waals surface area (Å²) in [5.74, 6) is 0.0289. The molecule has 1 atom stereocenters. The van der Waals surface area contributed by atoms with E-state index in [0.717, 1.165) is 0 Å². The highest BCUT2D eigenvalue weighted by atomic mass is 32.2. The van der Waals surface area contributed by atoms with E-state index in [2.05, 4.69) is 20.3 Å². The fraction of sp³-hybridized carbons (Fsp3) is 0.500. The molecule has 5 N–H and O–H groups in total. The zero-order chi connectivity index (χ0) is 12.1. The Bertz CT molecular complexity index is 365. The lowest BCUT2D eigenvalue weighted by molar-refractivity contribution is -0.120. The maximum atomic E-state index is 11.5. The third-order valence-electron chi connectivity index (χ3n) is 1.65. The SMILES string of the molecule is CCNC(=O)[C@H](C)Sc1nc(N)nc(N)n1. The summed E-state index contributed by atoms with van der Waals surface area (Å²) in [6, 6.07) is 0. The highest BCUT2D eigenvalue weighted by Crippen LogP contribution is 2.20. The van der Waals surface area contributed by atoms with Gasteiger partial charge in [-0.15, -0.1) is 0 Å². The molecule has 0 unspecified atom stereocenters. The summed E-state index contributed by atoms with van der Waals surface area (Å²) < 4.78 is 0. The number of thioether (sulfide) groups is 1. The first-order chi connectivity index (χ1) is 7.52. The molecule has 88 valence electrons. The van der Waals surface area contributed by atoms with Crippen molar-refractivity contribution in [1.82, 2.24) is 20.3 Å². The van der Waals surface area contributed by atoms with E-state index >= 15 is 0 Å². The highest BCUT2D eigenvalue weighted by Gasteiger charge is 2.15. The van der Waals surface area contributed by atoms with E-state index in [0.29, 0.717) is 11.7 Å². The van der Waals surface area contributed by atoms with Crippen molar-refractivity contribution in [3.05, 3.63) is 0 Å². The van der Waals surface area contributed by atoms with E-state index in [9.17, 15) is 4.79 Å². The van der Waals surface area contributed by atoms with Crippen molar-refractivity contribution in [3.63, 3.8) is 0 Å². The van der Waals surface area contributed by atoms with Crippen molar-refractivity contribution < 1.29 is 4.79 Å². The van der Waals surface area contributed by atoms with Crippen LogP contribution in [0.4, 0.5) is 11.9 Å². The molecule has 1 rings (SSSR count). The van der Waals surface area contributed by atoms with Gasteiger partial charge in [-0.1, -0.05) is 11.8 Å². The molecular weight excluding hydrogens is 228 g/mol. The van der Waals surface area contributed by atoms with Gasteiger partial charge in [0.05, 0.1) is 5.25 Å². The second-order valence-electron chi connectivity index (χ2n) is 2.99. The quantitative estimate of drug-likeness (QED) is 0.617. The molecule has 1 aromatic heterocycles. The Hall–Kier alpha value is -1.57. The van der Waals surface area contributed by atoms with Crippen LogP contribution in [0.5, 0.6) is 0 Å². The minimum atomic E-state index is -0.304. The van der Waals surface area contributed by atoms with Gasteiger partial charge in [0.2, 0.25) is 17.8 Å². The maximum absolute atomic E-state index is 11.5. The van der Waals surface area contributed by atoms with E-state index in [4.69, 9.17) is 11.5 Å². The monoisotopic (exact) mass is 242 g/mol. The minimum absolute atomic E-state index is 0.0538. The molecular formula is C8H14N6OS. The average molecular weight is 242 g/mol. The third kappa shape index (κ3) is 3.54. The zero-order valence-electron chi connectivity index (χ0n) is 9.10. The van der Waals surface area contributed by atoms with Gasteiger partial charge in [-0.25, -0.2) is 0 Å². The molecule has 0 aromatic carbocycles. The minimum Gasteiger partial charge on any atom is -0.368 e. The van der Waals surface area contributed by atoms with Crippen LogP contribution in [0.15, 0.2) is 5.16 Å². The van der Waals surface area contributed by atoms with E-state index in [-0.39, 0.29) is 23.1 Å². The number of nitrogens with one attached hydrogen (secondary N) is 1. The first-order valence-corrected chi connectivity index (χ1v) is 5.62. The molecule has 1 aromatic rings. The van der Waals surface area contributed by atoms with Gasteiger partial charge in [0, 0.05) is 6.54 Å². The fourth-order valence-corrected chi connectivity index (χ4v) is 1.77. The largest absolute Gasteiger partial charge is 0.368 e. The van der Waals surface area contributed by atoms with Crippen LogP contribution >= 0.6 is 11.8 Å². The predicted octanol–water partition coefficient (Wildman–Crippen LogP) is -0.347. The van der Waals surface area contributed by atoms with Crippen LogP contribution in [-0.2, 0) is 4.79 Å². The second-order valence-corrected chi connectivity index (χ2v) is 4.30. The highest BCUT2D eigenvalue weighted by molar-refractivity contribution is 8.00. The van der Waals surface area contributed by atoms with Crippen LogP contribution < -0.4 is 16.8 Å². The molecule has 7 nitrogen and oxygen atoms in total. The maximum Gasteiger partial charge on any atom is 0.233 e. The molecule has 0 saturated heterocycles. The molecule has 0 spiro atoms. The van der Waals surface area contributed by atoms with Crippen molar-refractivity contribution in [2.45, 2.75) is 24.3 Å². The molecule has 1 heterocycles. The van der Waals surface area contributed by atoms with E-state index in [1.807, 2.05) is 6.92 Å². The number of amides is 1. The Balaban J connectivity index is 2.69. The van der Waals surface area contributed by atoms with E-state index < -0.39 is 0 Å². The Morgan fingerprint density at radius 1 is 1.38 bits per heavy atom. The summed E-state index contributed by atoms with van der Waals surface area (Å²) >= 11 is 1.19. The Morgan fingerprint density at radius 2 is 1.94 bits per heavy atom. The number of nitrogens with two attached hydrogens (primary N) is 2. The lowest BCUT2D eigenvalue weighted by Crippen LogP contribution is -2.30. The molecule has 0 aliphatic heterocycles. The summed E-state index contributed by atoms with van der Waals surface area (Å²) in [5.41, 5.74) is 10.8. The zero-order valence-corrected chi connectivity index (χ0v) is 9.91. The Labute approximate surface area is 97.4 Å². The van der Waals surface area contributed by atoms with Gasteiger partial charge in [-0.2, -0.15) is 15.0 Å².